The van der Waals surface area contributed by atoms with Crippen LogP contribution in [0, 0.1) is 5.92 Å². The number of halogens is 2. The van der Waals surface area contributed by atoms with Crippen LogP contribution in [0.1, 0.15) is 24.9 Å². The van der Waals surface area contributed by atoms with Crippen molar-refractivity contribution in [1.29, 1.82) is 0 Å². The van der Waals surface area contributed by atoms with Gasteiger partial charge in [0.1, 0.15) is 0 Å². The molecule has 94 valence electrons. The lowest BCUT2D eigenvalue weighted by molar-refractivity contribution is 0.117. The Morgan fingerprint density at radius 2 is 2.18 bits per heavy atom. The van der Waals surface area contributed by atoms with Crippen molar-refractivity contribution in [3.63, 3.8) is 0 Å². The van der Waals surface area contributed by atoms with Crippen LogP contribution in [-0.2, 0) is 4.74 Å². The summed E-state index contributed by atoms with van der Waals surface area (Å²) in [7, 11) is 1.96. The lowest BCUT2D eigenvalue weighted by atomic mass is 9.91. The Kier molecular flexibility index (Phi) is 4.31. The fourth-order valence-corrected chi connectivity index (χ4v) is 3.01. The van der Waals surface area contributed by atoms with Gasteiger partial charge in [-0.3, -0.25) is 0 Å². The molecular formula is C13H17Cl2NO. The molecule has 0 spiro atoms. The van der Waals surface area contributed by atoms with E-state index in [9.17, 15) is 0 Å². The zero-order valence-electron chi connectivity index (χ0n) is 10.0. The maximum absolute atomic E-state index is 6.25. The highest BCUT2D eigenvalue weighted by Crippen LogP contribution is 2.35. The second kappa shape index (κ2) is 5.57. The van der Waals surface area contributed by atoms with E-state index < -0.39 is 0 Å². The first-order chi connectivity index (χ1) is 8.11. The molecule has 3 unspecified atom stereocenters. The maximum atomic E-state index is 6.25. The fourth-order valence-electron chi connectivity index (χ4n) is 2.48. The van der Waals surface area contributed by atoms with Crippen LogP contribution in [0.25, 0.3) is 0 Å². The van der Waals surface area contributed by atoms with E-state index >= 15 is 0 Å². The standard InChI is InChI=1S/C13H17Cl2NO/c1-8-5-9(7-17-8)13(16-2)11-4-3-10(14)6-12(11)15/h3-4,6,8-9,13,16H,5,7H2,1-2H3. The van der Waals surface area contributed by atoms with Gasteiger partial charge >= 0.3 is 0 Å². The molecule has 1 saturated heterocycles. The molecule has 1 N–H and O–H groups in total. The molecule has 1 fully saturated rings. The molecule has 0 radical (unpaired) electrons. The van der Waals surface area contributed by atoms with Crippen LogP contribution in [0.4, 0.5) is 0 Å². The van der Waals surface area contributed by atoms with Gasteiger partial charge in [0.25, 0.3) is 0 Å². The van der Waals surface area contributed by atoms with Gasteiger partial charge in [0.2, 0.25) is 0 Å². The van der Waals surface area contributed by atoms with Gasteiger partial charge in [0.05, 0.1) is 12.7 Å². The van der Waals surface area contributed by atoms with Gasteiger partial charge in [-0.05, 0) is 38.1 Å². The van der Waals surface area contributed by atoms with E-state index in [-0.39, 0.29) is 6.04 Å². The number of nitrogens with one attached hydrogen (secondary N) is 1. The predicted molar refractivity (Wildman–Crippen MR) is 71.8 cm³/mol. The van der Waals surface area contributed by atoms with E-state index in [0.717, 1.165) is 23.6 Å². The molecule has 0 bridgehead atoms. The third-order valence-corrected chi connectivity index (χ3v) is 3.87. The molecule has 2 nitrogen and oxygen atoms in total. The summed E-state index contributed by atoms with van der Waals surface area (Å²) in [5.74, 6) is 0.466. The highest BCUT2D eigenvalue weighted by Gasteiger charge is 2.30. The molecule has 0 aliphatic carbocycles. The molecule has 17 heavy (non-hydrogen) atoms. The Morgan fingerprint density at radius 3 is 2.71 bits per heavy atom. The first-order valence-corrected chi connectivity index (χ1v) is 6.61. The number of hydrogen-bond donors (Lipinski definition) is 1. The largest absolute Gasteiger partial charge is 0.378 e. The second-order valence-corrected chi connectivity index (χ2v) is 5.42. The molecule has 3 atom stereocenters. The molecule has 2 rings (SSSR count). The molecule has 1 aromatic rings. The predicted octanol–water partition coefficient (Wildman–Crippen LogP) is 3.68. The van der Waals surface area contributed by atoms with Crippen LogP contribution in [0.3, 0.4) is 0 Å². The SMILES string of the molecule is CNC(c1ccc(Cl)cc1Cl)C1COC(C)C1. The van der Waals surface area contributed by atoms with Crippen molar-refractivity contribution in [3.05, 3.63) is 33.8 Å². The molecule has 0 saturated carbocycles. The van der Waals surface area contributed by atoms with Crippen molar-refractivity contribution in [2.24, 2.45) is 5.92 Å². The Bertz CT molecular complexity index is 397. The fraction of sp³-hybridized carbons (Fsp3) is 0.538. The van der Waals surface area contributed by atoms with E-state index in [1.807, 2.05) is 19.2 Å². The van der Waals surface area contributed by atoms with Gasteiger partial charge in [-0.25, -0.2) is 0 Å². The summed E-state index contributed by atoms with van der Waals surface area (Å²) in [6.45, 7) is 2.89. The maximum Gasteiger partial charge on any atom is 0.0551 e. The number of hydrogen-bond acceptors (Lipinski definition) is 2. The minimum Gasteiger partial charge on any atom is -0.378 e. The number of rotatable bonds is 3. The Labute approximate surface area is 112 Å². The molecule has 1 aliphatic heterocycles. The summed E-state index contributed by atoms with van der Waals surface area (Å²) in [4.78, 5) is 0. The number of ether oxygens (including phenoxy) is 1. The molecule has 1 aromatic carbocycles. The van der Waals surface area contributed by atoms with Crippen LogP contribution in [0.2, 0.25) is 10.0 Å². The van der Waals surface area contributed by atoms with Gasteiger partial charge < -0.3 is 10.1 Å². The van der Waals surface area contributed by atoms with Crippen LogP contribution in [0.15, 0.2) is 18.2 Å². The average molecular weight is 274 g/mol. The van der Waals surface area contributed by atoms with E-state index in [1.165, 1.54) is 0 Å². The smallest absolute Gasteiger partial charge is 0.0551 e. The molecule has 0 aromatic heterocycles. The topological polar surface area (TPSA) is 21.3 Å². The molecule has 4 heteroatoms. The molecule has 0 amide bonds. The average Bonchev–Trinajstić information content (AvgIpc) is 2.69. The van der Waals surface area contributed by atoms with E-state index in [2.05, 4.69) is 12.2 Å². The quantitative estimate of drug-likeness (QED) is 0.907. The third-order valence-electron chi connectivity index (χ3n) is 3.31. The van der Waals surface area contributed by atoms with Crippen molar-refractivity contribution in [2.75, 3.05) is 13.7 Å². The van der Waals surface area contributed by atoms with Crippen LogP contribution in [0.5, 0.6) is 0 Å². The minimum absolute atomic E-state index is 0.227. The van der Waals surface area contributed by atoms with E-state index in [0.29, 0.717) is 17.0 Å². The Hall–Kier alpha value is -0.280. The Morgan fingerprint density at radius 1 is 1.41 bits per heavy atom. The third kappa shape index (κ3) is 2.94. The first kappa shape index (κ1) is 13.2. The Balaban J connectivity index is 2.23. The van der Waals surface area contributed by atoms with Crippen LogP contribution >= 0.6 is 23.2 Å². The lowest BCUT2D eigenvalue weighted by Gasteiger charge is -2.23. The van der Waals surface area contributed by atoms with Gasteiger partial charge in [0.15, 0.2) is 0 Å². The van der Waals surface area contributed by atoms with Crippen molar-refractivity contribution in [3.8, 4) is 0 Å². The van der Waals surface area contributed by atoms with Gasteiger partial charge in [-0.2, -0.15) is 0 Å². The highest BCUT2D eigenvalue weighted by atomic mass is 35.5. The summed E-state index contributed by atoms with van der Waals surface area (Å²) in [6.07, 6.45) is 1.40. The van der Waals surface area contributed by atoms with Crippen LogP contribution < -0.4 is 5.32 Å². The van der Waals surface area contributed by atoms with Gasteiger partial charge in [-0.1, -0.05) is 29.3 Å². The molecule has 1 aliphatic rings. The van der Waals surface area contributed by atoms with Gasteiger partial charge in [-0.15, -0.1) is 0 Å². The lowest BCUT2D eigenvalue weighted by Crippen LogP contribution is -2.26. The van der Waals surface area contributed by atoms with Crippen molar-refractivity contribution < 1.29 is 4.74 Å². The van der Waals surface area contributed by atoms with E-state index in [4.69, 9.17) is 27.9 Å². The van der Waals surface area contributed by atoms with Gasteiger partial charge in [0, 0.05) is 22.0 Å². The van der Waals surface area contributed by atoms with Crippen molar-refractivity contribution >= 4 is 23.2 Å². The first-order valence-electron chi connectivity index (χ1n) is 5.85. The summed E-state index contributed by atoms with van der Waals surface area (Å²) >= 11 is 12.2. The summed E-state index contributed by atoms with van der Waals surface area (Å²) < 4.78 is 5.62. The highest BCUT2D eigenvalue weighted by molar-refractivity contribution is 6.35. The van der Waals surface area contributed by atoms with Crippen LogP contribution in [-0.4, -0.2) is 19.8 Å². The monoisotopic (exact) mass is 273 g/mol. The number of benzene rings is 1. The summed E-state index contributed by atoms with van der Waals surface area (Å²) in [5, 5.41) is 4.72. The normalized spacial score (nSPS) is 26.1. The second-order valence-electron chi connectivity index (χ2n) is 4.57. The minimum atomic E-state index is 0.227. The zero-order chi connectivity index (χ0) is 12.4. The van der Waals surface area contributed by atoms with Crippen molar-refractivity contribution in [1.82, 2.24) is 5.32 Å². The van der Waals surface area contributed by atoms with E-state index in [1.54, 1.807) is 6.07 Å². The zero-order valence-corrected chi connectivity index (χ0v) is 11.6. The molecular weight excluding hydrogens is 257 g/mol. The van der Waals surface area contributed by atoms with Crippen molar-refractivity contribution in [2.45, 2.75) is 25.5 Å². The summed E-state index contributed by atoms with van der Waals surface area (Å²) in [6, 6.07) is 5.90. The molecule has 1 heterocycles. The summed E-state index contributed by atoms with van der Waals surface area (Å²) in [5.41, 5.74) is 1.10.